The molecule has 0 aliphatic carbocycles. The Bertz CT molecular complexity index is 91.1. The zero-order valence-electron chi connectivity index (χ0n) is 5.92. The van der Waals surface area contributed by atoms with E-state index in [1.165, 1.54) is 0 Å². The first kappa shape index (κ1) is 8.43. The lowest BCUT2D eigenvalue weighted by molar-refractivity contribution is -0.122. The van der Waals surface area contributed by atoms with Gasteiger partial charge in [-0.3, -0.25) is 4.79 Å². The van der Waals surface area contributed by atoms with Crippen molar-refractivity contribution < 1.29 is 4.79 Å². The summed E-state index contributed by atoms with van der Waals surface area (Å²) in [4.78, 5) is 10.6. The minimum atomic E-state index is -0.343. The van der Waals surface area contributed by atoms with Crippen molar-refractivity contribution in [1.82, 2.24) is 5.32 Å². The minimum Gasteiger partial charge on any atom is -0.310 e. The van der Waals surface area contributed by atoms with Gasteiger partial charge in [-0.05, 0) is 13.3 Å². The van der Waals surface area contributed by atoms with Gasteiger partial charge in [0.15, 0.2) is 0 Å². The quantitative estimate of drug-likeness (QED) is 0.592. The molecule has 0 heterocycles. The zero-order valence-corrected chi connectivity index (χ0v) is 5.92. The number of carbonyl (C=O) groups excluding carboxylic acids is 1. The smallest absolute Gasteiger partial charge is 0.242 e. The van der Waals surface area contributed by atoms with Crippen molar-refractivity contribution in [2.45, 2.75) is 32.9 Å². The van der Waals surface area contributed by atoms with E-state index in [1.807, 2.05) is 6.92 Å². The first-order chi connectivity index (χ1) is 4.16. The van der Waals surface area contributed by atoms with Crippen LogP contribution >= 0.6 is 0 Å². The second-order valence-electron chi connectivity index (χ2n) is 2.01. The molecule has 0 aromatic heterocycles. The van der Waals surface area contributed by atoms with Crippen LogP contribution in [-0.4, -0.2) is 12.1 Å². The van der Waals surface area contributed by atoms with Crippen molar-refractivity contribution in [3.63, 3.8) is 0 Å². The Hall–Kier alpha value is -0.570. The molecule has 1 radical (unpaired) electrons. The van der Waals surface area contributed by atoms with Gasteiger partial charge in [-0.15, -0.1) is 0 Å². The lowest BCUT2D eigenvalue weighted by Gasteiger charge is -2.02. The fourth-order valence-corrected chi connectivity index (χ4v) is 0.506. The number of hydrogen-bond donors (Lipinski definition) is 1. The van der Waals surface area contributed by atoms with Gasteiger partial charge < -0.3 is 5.73 Å². The van der Waals surface area contributed by atoms with Gasteiger partial charge in [-0.2, -0.15) is 0 Å². The monoisotopic (exact) mass is 129 g/mol. The highest BCUT2D eigenvalue weighted by atomic mass is 16.1. The summed E-state index contributed by atoms with van der Waals surface area (Å²) in [5.41, 5.74) is 5.24. The molecule has 3 nitrogen and oxygen atoms in total. The number of carbonyl (C=O) groups is 1. The van der Waals surface area contributed by atoms with Crippen molar-refractivity contribution >= 4 is 5.91 Å². The highest BCUT2D eigenvalue weighted by Crippen LogP contribution is 1.86. The predicted octanol–water partition coefficient (Wildman–Crippen LogP) is 0.222. The first-order valence-corrected chi connectivity index (χ1v) is 3.16. The summed E-state index contributed by atoms with van der Waals surface area (Å²) in [6.45, 7) is 3.63. The van der Waals surface area contributed by atoms with E-state index in [2.05, 4.69) is 5.32 Å². The van der Waals surface area contributed by atoms with E-state index in [1.54, 1.807) is 6.92 Å². The van der Waals surface area contributed by atoms with Crippen molar-refractivity contribution in [2.24, 2.45) is 5.73 Å². The van der Waals surface area contributed by atoms with E-state index in [9.17, 15) is 4.79 Å². The van der Waals surface area contributed by atoms with Gasteiger partial charge in [0.2, 0.25) is 5.91 Å². The van der Waals surface area contributed by atoms with Crippen molar-refractivity contribution in [2.75, 3.05) is 0 Å². The molecule has 0 aliphatic heterocycles. The van der Waals surface area contributed by atoms with E-state index >= 15 is 0 Å². The molecular weight excluding hydrogens is 116 g/mol. The van der Waals surface area contributed by atoms with Gasteiger partial charge >= 0.3 is 0 Å². The van der Waals surface area contributed by atoms with Gasteiger partial charge in [0.1, 0.15) is 0 Å². The number of amides is 1. The maximum Gasteiger partial charge on any atom is 0.242 e. The van der Waals surface area contributed by atoms with Crippen LogP contribution in [0.3, 0.4) is 0 Å². The summed E-state index contributed by atoms with van der Waals surface area (Å²) in [6.07, 6.45) is 1.01. The maximum absolute atomic E-state index is 10.6. The molecule has 0 rings (SSSR count). The van der Waals surface area contributed by atoms with E-state index in [-0.39, 0.29) is 12.1 Å². The third kappa shape index (κ3) is 5.30. The number of rotatable bonds is 3. The summed E-state index contributed by atoms with van der Waals surface area (Å²) in [6, 6.07) is 0. The summed E-state index contributed by atoms with van der Waals surface area (Å²) in [5, 5.41) is 3.61. The van der Waals surface area contributed by atoms with E-state index in [0.717, 1.165) is 6.42 Å². The second-order valence-corrected chi connectivity index (χ2v) is 2.01. The fraction of sp³-hybridized carbons (Fsp3) is 0.833. The number of nitrogens with zero attached hydrogens (tertiary/aromatic N) is 1. The van der Waals surface area contributed by atoms with Gasteiger partial charge in [0, 0.05) is 6.42 Å². The van der Waals surface area contributed by atoms with Crippen LogP contribution in [0.4, 0.5) is 0 Å². The van der Waals surface area contributed by atoms with Crippen molar-refractivity contribution in [1.29, 1.82) is 0 Å². The highest BCUT2D eigenvalue weighted by molar-refractivity contribution is 5.75. The van der Waals surface area contributed by atoms with Crippen LogP contribution in [0, 0.1) is 0 Å². The Balaban J connectivity index is 3.27. The third-order valence-electron chi connectivity index (χ3n) is 0.811. The average molecular weight is 129 g/mol. The van der Waals surface area contributed by atoms with E-state index in [4.69, 9.17) is 5.73 Å². The molecular formula is C6H13N2O. The van der Waals surface area contributed by atoms with Crippen LogP contribution in [0.2, 0.25) is 0 Å². The molecule has 9 heavy (non-hydrogen) atoms. The second kappa shape index (κ2) is 4.32. The molecule has 1 amide bonds. The zero-order chi connectivity index (χ0) is 7.28. The minimum absolute atomic E-state index is 0.0903. The van der Waals surface area contributed by atoms with Gasteiger partial charge in [-0.25, -0.2) is 5.32 Å². The Morgan fingerprint density at radius 3 is 2.67 bits per heavy atom. The normalized spacial score (nSPS) is 12.8. The van der Waals surface area contributed by atoms with Gasteiger partial charge in [0.05, 0.1) is 6.17 Å². The largest absolute Gasteiger partial charge is 0.310 e. The molecule has 0 saturated heterocycles. The lowest BCUT2D eigenvalue weighted by Crippen LogP contribution is -2.32. The van der Waals surface area contributed by atoms with Crippen LogP contribution in [-0.2, 0) is 4.79 Å². The van der Waals surface area contributed by atoms with Crippen LogP contribution < -0.4 is 11.1 Å². The average Bonchev–Trinajstić information content (AvgIpc) is 1.63. The molecule has 0 bridgehead atoms. The van der Waals surface area contributed by atoms with E-state index < -0.39 is 0 Å². The van der Waals surface area contributed by atoms with Crippen LogP contribution in [0.25, 0.3) is 0 Å². The van der Waals surface area contributed by atoms with Crippen LogP contribution in [0.15, 0.2) is 0 Å². The molecule has 0 aliphatic rings. The predicted molar refractivity (Wildman–Crippen MR) is 35.7 cm³/mol. The Morgan fingerprint density at radius 1 is 1.78 bits per heavy atom. The molecule has 0 fully saturated rings. The van der Waals surface area contributed by atoms with E-state index in [0.29, 0.717) is 6.42 Å². The third-order valence-corrected chi connectivity index (χ3v) is 0.811. The number of hydrogen-bond acceptors (Lipinski definition) is 2. The Kier molecular flexibility index (Phi) is 4.05. The van der Waals surface area contributed by atoms with Crippen LogP contribution in [0.1, 0.15) is 26.7 Å². The molecule has 1 atom stereocenters. The molecule has 0 aromatic rings. The van der Waals surface area contributed by atoms with Crippen LogP contribution in [0.5, 0.6) is 0 Å². The standard InChI is InChI=1S/C6H13N2O/c1-3-4-6(9)8-5(2)7/h5H,3-4,7H2,1-2H3. The Labute approximate surface area is 55.6 Å². The topological polar surface area (TPSA) is 57.2 Å². The lowest BCUT2D eigenvalue weighted by atomic mass is 10.3. The van der Waals surface area contributed by atoms with Gasteiger partial charge in [-0.1, -0.05) is 6.92 Å². The highest BCUT2D eigenvalue weighted by Gasteiger charge is 2.02. The number of nitrogens with two attached hydrogens (primary N) is 1. The fourth-order valence-electron chi connectivity index (χ4n) is 0.506. The molecule has 53 valence electrons. The molecule has 0 saturated carbocycles. The SMILES string of the molecule is CCCC(=O)[N]C(C)N. The van der Waals surface area contributed by atoms with Crippen molar-refractivity contribution in [3.8, 4) is 0 Å². The summed E-state index contributed by atoms with van der Waals surface area (Å²) < 4.78 is 0. The molecule has 2 N–H and O–H groups in total. The molecule has 3 heteroatoms. The summed E-state index contributed by atoms with van der Waals surface area (Å²) in [5.74, 6) is -0.0903. The van der Waals surface area contributed by atoms with Gasteiger partial charge in [0.25, 0.3) is 0 Å². The molecule has 0 spiro atoms. The molecule has 0 aromatic carbocycles. The van der Waals surface area contributed by atoms with Crippen molar-refractivity contribution in [3.05, 3.63) is 0 Å². The summed E-state index contributed by atoms with van der Waals surface area (Å²) >= 11 is 0. The molecule has 1 unspecified atom stereocenters. The summed E-state index contributed by atoms with van der Waals surface area (Å²) in [7, 11) is 0. The first-order valence-electron chi connectivity index (χ1n) is 3.16. The Morgan fingerprint density at radius 2 is 2.33 bits per heavy atom. The maximum atomic E-state index is 10.6.